The summed E-state index contributed by atoms with van der Waals surface area (Å²) in [6.07, 6.45) is -19.9. The number of aliphatic carboxylic acids is 4. The molecule has 15 N–H and O–H groups in total. The van der Waals surface area contributed by atoms with Crippen molar-refractivity contribution in [2.45, 2.75) is 102 Å². The van der Waals surface area contributed by atoms with Gasteiger partial charge in [0.05, 0.1) is 17.3 Å². The van der Waals surface area contributed by atoms with Gasteiger partial charge in [0.15, 0.2) is 5.82 Å². The molecular weight excluding hydrogens is 1300 g/mol. The van der Waals surface area contributed by atoms with E-state index in [2.05, 4.69) is 57.3 Å². The van der Waals surface area contributed by atoms with E-state index in [4.69, 9.17) is 71.5 Å². The van der Waals surface area contributed by atoms with Crippen LogP contribution in [-0.2, 0) is 45.4 Å². The molecule has 94 heavy (non-hydrogen) atoms. The molecule has 2 heterocycles. The Labute approximate surface area is 525 Å². The SMILES string of the molecule is Cc1nc(-c2ccc(C(C)(C)C)cc2)ncc1C(=O)N[C@@H](CCN)C(=O)N(C)[C@@H]1C(=O)N[C@@H](C)C(=O)N[C@H](NC(=O)NCC#N)Cc2ccc(OCCN)c(c2)-c2cc1ccc2OCCN.O=C(O)C(F)(F)F.O=C(O)C(F)(F)F.O=C(O)C(F)(F)F.O=C(O)C(F)(F)F. The maximum Gasteiger partial charge on any atom is 0.490 e. The lowest BCUT2D eigenvalue weighted by Crippen LogP contribution is -2.57. The van der Waals surface area contributed by atoms with Crippen molar-refractivity contribution in [2.75, 3.05) is 46.4 Å². The lowest BCUT2D eigenvalue weighted by Gasteiger charge is -2.32. The van der Waals surface area contributed by atoms with Crippen molar-refractivity contribution in [3.8, 4) is 40.1 Å². The molecule has 518 valence electrons. The van der Waals surface area contributed by atoms with Gasteiger partial charge in [0, 0.05) is 49.4 Å². The number of carbonyl (C=O) groups is 9. The molecule has 1 aromatic heterocycles. The highest BCUT2D eigenvalue weighted by molar-refractivity contribution is 5.99. The third kappa shape index (κ3) is 27.4. The molecule has 4 aromatic rings. The van der Waals surface area contributed by atoms with Crippen LogP contribution in [0.1, 0.15) is 72.9 Å². The summed E-state index contributed by atoms with van der Waals surface area (Å²) >= 11 is 0. The molecule has 0 fully saturated rings. The average molecular weight is 1360 g/mol. The van der Waals surface area contributed by atoms with Crippen molar-refractivity contribution in [3.63, 3.8) is 0 Å². The molecule has 27 nitrogen and oxygen atoms in total. The van der Waals surface area contributed by atoms with E-state index in [-0.39, 0.29) is 63.2 Å². The van der Waals surface area contributed by atoms with Crippen molar-refractivity contribution < 1.29 is 126 Å². The van der Waals surface area contributed by atoms with Gasteiger partial charge in [0.2, 0.25) is 17.7 Å². The predicted octanol–water partition coefficient (Wildman–Crippen LogP) is 4.60. The first kappa shape index (κ1) is 81.9. The largest absolute Gasteiger partial charge is 0.492 e. The summed E-state index contributed by atoms with van der Waals surface area (Å²) in [6, 6.07) is 15.4. The number of rotatable bonds is 15. The highest BCUT2D eigenvalue weighted by Crippen LogP contribution is 2.40. The number of nitriles is 1. The smallest absolute Gasteiger partial charge is 0.490 e. The molecule has 5 rings (SSSR count). The number of aryl methyl sites for hydroxylation is 1. The van der Waals surface area contributed by atoms with E-state index >= 15 is 0 Å². The molecule has 1 aliphatic heterocycles. The summed E-state index contributed by atoms with van der Waals surface area (Å²) < 4.78 is 139. The number of nitrogens with one attached hydrogen (secondary N) is 5. The Bertz CT molecular complexity index is 3230. The minimum atomic E-state index is -5.08. The van der Waals surface area contributed by atoms with Crippen molar-refractivity contribution in [1.82, 2.24) is 41.5 Å². The van der Waals surface area contributed by atoms with Crippen LogP contribution in [0.25, 0.3) is 22.5 Å². The molecular formula is C55H64F12N12O15. The van der Waals surface area contributed by atoms with Gasteiger partial charge in [0.1, 0.15) is 55.5 Å². The minimum Gasteiger partial charge on any atom is -0.492 e. The van der Waals surface area contributed by atoms with Crippen molar-refractivity contribution in [1.29, 1.82) is 5.26 Å². The van der Waals surface area contributed by atoms with E-state index in [9.17, 15) is 76.7 Å². The number of hydrogen-bond acceptors (Lipinski definition) is 17. The van der Waals surface area contributed by atoms with Gasteiger partial charge in [-0.1, -0.05) is 57.2 Å². The number of aromatic nitrogens is 2. The first-order valence-corrected chi connectivity index (χ1v) is 26.6. The number of hydrogen-bond donors (Lipinski definition) is 12. The van der Waals surface area contributed by atoms with Crippen LogP contribution >= 0.6 is 0 Å². The summed E-state index contributed by atoms with van der Waals surface area (Å²) in [5.41, 5.74) is 22.0. The zero-order valence-electron chi connectivity index (χ0n) is 50.2. The number of fused-ring (bicyclic) bond motifs is 5. The number of carboxylic acids is 4. The number of likely N-dealkylation sites (N-methyl/N-ethyl adjacent to an activating group) is 1. The topological polar surface area (TPSA) is 444 Å². The molecule has 0 spiro atoms. The Hall–Kier alpha value is -10.1. The molecule has 0 aliphatic carbocycles. The zero-order valence-corrected chi connectivity index (χ0v) is 50.2. The van der Waals surface area contributed by atoms with Crippen molar-refractivity contribution >= 4 is 53.5 Å². The number of halogens is 12. The van der Waals surface area contributed by atoms with Gasteiger partial charge in [-0.3, -0.25) is 19.2 Å². The number of alkyl halides is 12. The fourth-order valence-corrected chi connectivity index (χ4v) is 7.32. The third-order valence-corrected chi connectivity index (χ3v) is 11.8. The zero-order chi connectivity index (χ0) is 72.4. The third-order valence-electron chi connectivity index (χ3n) is 11.8. The fraction of sp³-hybridized carbons (Fsp3) is 0.418. The fourth-order valence-electron chi connectivity index (χ4n) is 7.32. The van der Waals surface area contributed by atoms with Crippen LogP contribution in [0.2, 0.25) is 0 Å². The summed E-state index contributed by atoms with van der Waals surface area (Å²) in [6.45, 7) is 9.90. The second kappa shape index (κ2) is 36.2. The summed E-state index contributed by atoms with van der Waals surface area (Å²) in [5.74, 6) is -12.5. The number of ether oxygens (including phenoxy) is 2. The standard InChI is InChI=1S/C47H60N12O7.4C2HF3O2/c1-27-35(26-53-41(54-27)30-8-11-32(12-9-30)47(3,4)5)43(61)56-36(15-16-48)45(63)59(6)40-31-10-14-38(66-22-19-51)34(25-31)33-23-29(7-13-37(33)65-21-18-50)24-39(58-46(64)52-20-17-49)57-42(60)28(2)55-44(40)62;4*3-2(4,5)1(6)7/h7-14,23,25-26,28,36,39-40H,15-16,18-22,24,48,50-51H2,1-6H3,(H,55,62)(H,56,61)(H,57,60)(H2,52,58,64);4*(H,6,7)/t28-,36-,39+,40-;;;;/m0..../s1. The van der Waals surface area contributed by atoms with E-state index in [0.29, 0.717) is 45.3 Å². The Kier molecular flexibility index (Phi) is 31.6. The average Bonchev–Trinajstić information content (AvgIpc) is 0.785. The van der Waals surface area contributed by atoms with E-state index in [1.54, 1.807) is 43.3 Å². The second-order valence-electron chi connectivity index (χ2n) is 20.0. The van der Waals surface area contributed by atoms with Crippen molar-refractivity contribution in [2.24, 2.45) is 17.2 Å². The number of benzene rings is 3. The molecule has 0 unspecified atom stereocenters. The van der Waals surface area contributed by atoms with Crippen LogP contribution in [-0.4, -0.2) is 178 Å². The van der Waals surface area contributed by atoms with Crippen LogP contribution in [0.3, 0.4) is 0 Å². The molecule has 4 bridgehead atoms. The number of amides is 6. The predicted molar refractivity (Wildman–Crippen MR) is 302 cm³/mol. The Morgan fingerprint density at radius 2 is 1.18 bits per heavy atom. The van der Waals surface area contributed by atoms with Gasteiger partial charge in [-0.15, -0.1) is 0 Å². The first-order valence-electron chi connectivity index (χ1n) is 26.6. The highest BCUT2D eigenvalue weighted by atomic mass is 19.4. The molecule has 1 aliphatic rings. The van der Waals surface area contributed by atoms with E-state index in [1.165, 1.54) is 25.1 Å². The molecule has 3 aromatic carbocycles. The molecule has 0 radical (unpaired) electrons. The van der Waals surface area contributed by atoms with Crippen LogP contribution in [0.15, 0.2) is 66.9 Å². The number of urea groups is 1. The monoisotopic (exact) mass is 1360 g/mol. The number of carboxylic acid groups (broad SMARTS) is 4. The van der Waals surface area contributed by atoms with Crippen LogP contribution in [0, 0.1) is 18.3 Å². The maximum absolute atomic E-state index is 14.7. The Morgan fingerprint density at radius 1 is 0.713 bits per heavy atom. The Morgan fingerprint density at radius 3 is 1.61 bits per heavy atom. The van der Waals surface area contributed by atoms with Crippen LogP contribution in [0.4, 0.5) is 57.5 Å². The summed E-state index contributed by atoms with van der Waals surface area (Å²) in [7, 11) is 1.42. The van der Waals surface area contributed by atoms with Crippen LogP contribution < -0.4 is 53.3 Å². The van der Waals surface area contributed by atoms with Gasteiger partial charge in [-0.05, 0) is 73.2 Å². The lowest BCUT2D eigenvalue weighted by molar-refractivity contribution is -0.193. The first-order chi connectivity index (χ1) is 43.3. The number of carbonyl (C=O) groups excluding carboxylic acids is 5. The molecule has 6 amide bonds. The highest BCUT2D eigenvalue weighted by Gasteiger charge is 2.41. The van der Waals surface area contributed by atoms with Crippen LogP contribution in [0.5, 0.6) is 11.5 Å². The quantitative estimate of drug-likeness (QED) is 0.0571. The van der Waals surface area contributed by atoms with Gasteiger partial charge >= 0.3 is 54.6 Å². The van der Waals surface area contributed by atoms with E-state index < -0.39 is 103 Å². The molecule has 0 saturated heterocycles. The molecule has 0 saturated carbocycles. The molecule has 39 heteroatoms. The lowest BCUT2D eigenvalue weighted by atomic mass is 9.87. The van der Waals surface area contributed by atoms with Gasteiger partial charge < -0.3 is 78.6 Å². The summed E-state index contributed by atoms with van der Waals surface area (Å²) in [4.78, 5) is 115. The van der Waals surface area contributed by atoms with Gasteiger partial charge in [-0.2, -0.15) is 57.9 Å². The van der Waals surface area contributed by atoms with Crippen molar-refractivity contribution in [3.05, 3.63) is 94.8 Å². The summed E-state index contributed by atoms with van der Waals surface area (Å²) in [5, 5.41) is 50.9. The molecule has 4 atom stereocenters. The minimum absolute atomic E-state index is 0.000553. The maximum atomic E-state index is 14.7. The van der Waals surface area contributed by atoms with Gasteiger partial charge in [0.25, 0.3) is 5.91 Å². The second-order valence-corrected chi connectivity index (χ2v) is 20.0. The number of nitrogens with zero attached hydrogens (tertiary/aromatic N) is 4. The Balaban J connectivity index is 0.00000130. The van der Waals surface area contributed by atoms with E-state index in [1.807, 2.05) is 30.3 Å². The van der Waals surface area contributed by atoms with Gasteiger partial charge in [-0.25, -0.2) is 33.9 Å². The number of nitrogens with two attached hydrogens (primary N) is 3. The van der Waals surface area contributed by atoms with E-state index in [0.717, 1.165) is 11.1 Å². The normalized spacial score (nSPS) is 15.0.